The molecule has 0 amide bonds. The Kier molecular flexibility index (Phi) is 6.55. The third kappa shape index (κ3) is 4.54. The maximum absolute atomic E-state index is 14.6. The number of halogens is 1. The molecule has 5 heteroatoms. The van der Waals surface area contributed by atoms with Crippen LogP contribution < -0.4 is 5.73 Å². The van der Waals surface area contributed by atoms with Gasteiger partial charge in [-0.1, -0.05) is 90.5 Å². The average molecular weight is 545 g/mol. The predicted octanol–water partition coefficient (Wildman–Crippen LogP) is 10.3. The molecule has 6 rings (SSSR count). The fourth-order valence-corrected chi connectivity index (χ4v) is 6.38. The number of hydrogen-bond acceptors (Lipinski definition) is 4. The fourth-order valence-electron chi connectivity index (χ4n) is 5.12. The van der Waals surface area contributed by atoms with Crippen molar-refractivity contribution in [2.75, 3.05) is 5.73 Å². The number of thiophene rings is 1. The van der Waals surface area contributed by atoms with Crippen LogP contribution in [0.5, 0.6) is 0 Å². The van der Waals surface area contributed by atoms with Gasteiger partial charge in [-0.3, -0.25) is 0 Å². The van der Waals surface area contributed by atoms with Crippen molar-refractivity contribution in [3.63, 3.8) is 0 Å². The zero-order valence-electron chi connectivity index (χ0n) is 21.5. The third-order valence-electron chi connectivity index (χ3n) is 7.12. The molecule has 2 N–H and O–H groups in total. The van der Waals surface area contributed by atoms with Crippen LogP contribution >= 0.6 is 11.3 Å². The van der Waals surface area contributed by atoms with E-state index in [4.69, 9.17) is 18.2 Å². The van der Waals surface area contributed by atoms with E-state index < -0.39 is 0 Å². The quantitative estimate of drug-likeness (QED) is 0.219. The van der Waals surface area contributed by atoms with Crippen LogP contribution in [0.1, 0.15) is 11.1 Å². The summed E-state index contributed by atoms with van der Waals surface area (Å²) in [6, 6.07) is 34.1. The minimum Gasteiger partial charge on any atom is -0.396 e. The largest absolute Gasteiger partial charge is 0.396 e. The molecule has 1 heterocycles. The Morgan fingerprint density at radius 3 is 1.92 bits per heavy atom. The molecular weight excluding hydrogens is 520 g/mol. The number of rotatable bonds is 5. The van der Waals surface area contributed by atoms with Crippen molar-refractivity contribution < 1.29 is 4.39 Å². The summed E-state index contributed by atoms with van der Waals surface area (Å²) < 4.78 is 18.9. The number of aryl methyl sites for hydroxylation is 2. The second-order valence-electron chi connectivity index (χ2n) is 9.74. The van der Waals surface area contributed by atoms with Gasteiger partial charge >= 0.3 is 0 Å². The Hall–Kier alpha value is -4.19. The highest BCUT2D eigenvalue weighted by Gasteiger charge is 2.21. The Balaban J connectivity index is 1.50. The minimum atomic E-state index is -0.231. The number of nitrogens with two attached hydrogens (primary N) is 1. The lowest BCUT2D eigenvalue weighted by Crippen LogP contribution is -1.96. The smallest absolute Gasteiger partial charge is 0.131 e. The van der Waals surface area contributed by atoms with Crippen LogP contribution in [0.4, 0.5) is 15.8 Å². The number of hydrogen-bond donors (Lipinski definition) is 1. The van der Waals surface area contributed by atoms with Crippen LogP contribution in [0.2, 0.25) is 0 Å². The SMILES string of the molecule is Cc1ccc(-c2ccc(-c3c(N=S)c(N)c(-c4ccc(-c5ccc(C)cc5F)cc4)c4ccccc34)s2)cc1. The molecule has 0 spiro atoms. The first-order valence-corrected chi connectivity index (χ1v) is 13.8. The second kappa shape index (κ2) is 10.2. The Labute approximate surface area is 236 Å². The molecule has 0 aliphatic rings. The molecule has 0 atom stereocenters. The molecule has 0 aliphatic carbocycles. The fraction of sp³-hybridized carbons (Fsp3) is 0.0588. The first kappa shape index (κ1) is 25.1. The molecule has 0 bridgehead atoms. The summed E-state index contributed by atoms with van der Waals surface area (Å²) in [6.45, 7) is 3.97. The van der Waals surface area contributed by atoms with Crippen molar-refractivity contribution in [1.29, 1.82) is 0 Å². The third-order valence-corrected chi connectivity index (χ3v) is 8.45. The first-order valence-electron chi connectivity index (χ1n) is 12.7. The topological polar surface area (TPSA) is 38.4 Å². The normalized spacial score (nSPS) is 11.2. The highest BCUT2D eigenvalue weighted by Crippen LogP contribution is 2.50. The van der Waals surface area contributed by atoms with Gasteiger partial charge in [0, 0.05) is 38.9 Å². The number of benzene rings is 5. The van der Waals surface area contributed by atoms with Crippen molar-refractivity contribution in [1.82, 2.24) is 0 Å². The van der Waals surface area contributed by atoms with Crippen LogP contribution in [0, 0.1) is 19.7 Å². The molecule has 0 aliphatic heterocycles. The average Bonchev–Trinajstić information content (AvgIpc) is 3.43. The van der Waals surface area contributed by atoms with Gasteiger partial charge in [0.2, 0.25) is 0 Å². The maximum atomic E-state index is 14.6. The standard InChI is InChI=1S/C34H25FN2S2/c1-20-7-10-23(11-8-20)29-17-18-30(39-29)32-27-6-4-3-5-26(27)31(33(36)34(32)37-38)24-14-12-22(13-15-24)25-16-9-21(2)19-28(25)35/h3-19H,36H2,1-2H3. The predicted molar refractivity (Wildman–Crippen MR) is 167 cm³/mol. The summed E-state index contributed by atoms with van der Waals surface area (Å²) in [6.07, 6.45) is 0. The molecular formula is C34H25FN2S2. The summed E-state index contributed by atoms with van der Waals surface area (Å²) >= 11 is 7.00. The Bertz CT molecular complexity index is 1850. The van der Waals surface area contributed by atoms with Gasteiger partial charge in [-0.2, -0.15) is 4.36 Å². The minimum absolute atomic E-state index is 0.231. The number of anilines is 1. The van der Waals surface area contributed by atoms with Gasteiger partial charge in [0.25, 0.3) is 0 Å². The highest BCUT2D eigenvalue weighted by molar-refractivity contribution is 7.47. The summed E-state index contributed by atoms with van der Waals surface area (Å²) in [5.41, 5.74) is 15.4. The molecule has 1 aromatic heterocycles. The van der Waals surface area contributed by atoms with E-state index in [0.717, 1.165) is 43.5 Å². The van der Waals surface area contributed by atoms with Crippen molar-refractivity contribution in [2.45, 2.75) is 13.8 Å². The first-order chi connectivity index (χ1) is 18.9. The van der Waals surface area contributed by atoms with Crippen LogP contribution in [0.15, 0.2) is 107 Å². The highest BCUT2D eigenvalue weighted by atomic mass is 32.1. The lowest BCUT2D eigenvalue weighted by molar-refractivity contribution is 0.630. The monoisotopic (exact) mass is 544 g/mol. The van der Waals surface area contributed by atoms with Crippen molar-refractivity contribution >= 4 is 45.9 Å². The molecule has 39 heavy (non-hydrogen) atoms. The second-order valence-corrected chi connectivity index (χ2v) is 11.0. The van der Waals surface area contributed by atoms with Crippen LogP contribution in [-0.4, -0.2) is 0 Å². The summed E-state index contributed by atoms with van der Waals surface area (Å²) in [4.78, 5) is 2.24. The summed E-state index contributed by atoms with van der Waals surface area (Å²) in [5, 5.41) is 2.06. The summed E-state index contributed by atoms with van der Waals surface area (Å²) in [5.74, 6) is -0.231. The zero-order chi connectivity index (χ0) is 27.1. The molecule has 5 aromatic carbocycles. The zero-order valence-corrected chi connectivity index (χ0v) is 23.2. The maximum Gasteiger partial charge on any atom is 0.131 e. The van der Waals surface area contributed by atoms with Crippen molar-refractivity contribution in [3.05, 3.63) is 120 Å². The van der Waals surface area contributed by atoms with E-state index in [2.05, 4.69) is 59.8 Å². The van der Waals surface area contributed by atoms with E-state index in [1.54, 1.807) is 17.4 Å². The van der Waals surface area contributed by atoms with Crippen molar-refractivity contribution in [2.24, 2.45) is 4.36 Å². The van der Waals surface area contributed by atoms with Gasteiger partial charge in [-0.25, -0.2) is 4.39 Å². The summed E-state index contributed by atoms with van der Waals surface area (Å²) in [7, 11) is 0. The molecule has 0 radical (unpaired) electrons. The lowest BCUT2D eigenvalue weighted by Gasteiger charge is -2.17. The van der Waals surface area contributed by atoms with E-state index in [-0.39, 0.29) is 5.82 Å². The molecule has 0 saturated carbocycles. The van der Waals surface area contributed by atoms with Gasteiger partial charge in [-0.05, 0) is 65.1 Å². The van der Waals surface area contributed by atoms with Gasteiger partial charge in [-0.15, -0.1) is 11.3 Å². The molecule has 2 nitrogen and oxygen atoms in total. The van der Waals surface area contributed by atoms with E-state index in [1.807, 2.05) is 55.5 Å². The molecule has 0 unspecified atom stereocenters. The molecule has 6 aromatic rings. The van der Waals surface area contributed by atoms with Gasteiger partial charge in [0.15, 0.2) is 0 Å². The van der Waals surface area contributed by atoms with E-state index in [9.17, 15) is 4.39 Å². The van der Waals surface area contributed by atoms with E-state index >= 15 is 0 Å². The van der Waals surface area contributed by atoms with E-state index in [0.29, 0.717) is 16.9 Å². The number of nitrogen functional groups attached to an aromatic ring is 1. The van der Waals surface area contributed by atoms with Crippen LogP contribution in [0.25, 0.3) is 53.9 Å². The van der Waals surface area contributed by atoms with E-state index in [1.165, 1.54) is 16.0 Å². The van der Waals surface area contributed by atoms with Crippen LogP contribution in [-0.2, 0) is 12.4 Å². The lowest BCUT2D eigenvalue weighted by atomic mass is 9.90. The Morgan fingerprint density at radius 2 is 1.26 bits per heavy atom. The van der Waals surface area contributed by atoms with Gasteiger partial charge in [0.05, 0.1) is 5.69 Å². The molecule has 190 valence electrons. The van der Waals surface area contributed by atoms with Gasteiger partial charge in [0.1, 0.15) is 11.5 Å². The van der Waals surface area contributed by atoms with Gasteiger partial charge < -0.3 is 5.73 Å². The molecule has 0 saturated heterocycles. The van der Waals surface area contributed by atoms with Crippen LogP contribution in [0.3, 0.4) is 0 Å². The Morgan fingerprint density at radius 1 is 0.667 bits per heavy atom. The number of nitrogens with zero attached hydrogens (tertiary/aromatic N) is 1. The number of fused-ring (bicyclic) bond motifs is 1. The molecule has 0 fully saturated rings. The van der Waals surface area contributed by atoms with Crippen molar-refractivity contribution in [3.8, 4) is 43.1 Å².